The Morgan fingerprint density at radius 1 is 1.16 bits per heavy atom. The van der Waals surface area contributed by atoms with Crippen LogP contribution in [0.5, 0.6) is 0 Å². The van der Waals surface area contributed by atoms with E-state index >= 15 is 0 Å². The molecule has 0 aromatic heterocycles. The summed E-state index contributed by atoms with van der Waals surface area (Å²) in [6.45, 7) is 2.76. The number of nitrogens with zero attached hydrogens (tertiary/aromatic N) is 1. The Kier molecular flexibility index (Phi) is 4.15. The molecule has 2 aromatic rings. The topological polar surface area (TPSA) is 35.8 Å². The summed E-state index contributed by atoms with van der Waals surface area (Å²) in [5.41, 5.74) is 3.24. The van der Waals surface area contributed by atoms with Crippen molar-refractivity contribution in [3.05, 3.63) is 65.0 Å². The zero-order valence-corrected chi connectivity index (χ0v) is 10.8. The highest BCUT2D eigenvalue weighted by Crippen LogP contribution is 2.16. The summed E-state index contributed by atoms with van der Waals surface area (Å²) >= 11 is 0. The summed E-state index contributed by atoms with van der Waals surface area (Å²) in [5, 5.41) is 11.9. The minimum atomic E-state index is -0.490. The summed E-state index contributed by atoms with van der Waals surface area (Å²) in [6, 6.07) is 14.5. The third-order valence-electron chi connectivity index (χ3n) is 3.07. The second-order valence-electron chi connectivity index (χ2n) is 4.28. The maximum Gasteiger partial charge on any atom is 0.143 e. The number of hydrogen-bond donors (Lipinski definition) is 1. The van der Waals surface area contributed by atoms with Gasteiger partial charge in [-0.05, 0) is 35.7 Å². The van der Waals surface area contributed by atoms with Gasteiger partial charge in [-0.3, -0.25) is 0 Å². The molecule has 2 rings (SSSR count). The molecule has 0 amide bonds. The van der Waals surface area contributed by atoms with Gasteiger partial charge in [0.25, 0.3) is 0 Å². The lowest BCUT2D eigenvalue weighted by molar-refractivity contribution is 0.624. The van der Waals surface area contributed by atoms with Crippen LogP contribution in [-0.4, -0.2) is 0 Å². The van der Waals surface area contributed by atoms with Crippen LogP contribution in [0.2, 0.25) is 0 Å². The SMILES string of the molecule is CCc1ccccc1CNc1ccc(C#N)c(F)c1. The molecular weight excluding hydrogens is 239 g/mol. The zero-order chi connectivity index (χ0) is 13.7. The molecule has 0 aliphatic rings. The van der Waals surface area contributed by atoms with Gasteiger partial charge in [-0.2, -0.15) is 5.26 Å². The van der Waals surface area contributed by atoms with Crippen molar-refractivity contribution < 1.29 is 4.39 Å². The van der Waals surface area contributed by atoms with Crippen molar-refractivity contribution >= 4 is 5.69 Å². The molecule has 0 spiro atoms. The normalized spacial score (nSPS) is 9.95. The van der Waals surface area contributed by atoms with E-state index in [4.69, 9.17) is 5.26 Å². The van der Waals surface area contributed by atoms with E-state index in [0.717, 1.165) is 6.42 Å². The maximum atomic E-state index is 13.5. The van der Waals surface area contributed by atoms with Gasteiger partial charge < -0.3 is 5.32 Å². The van der Waals surface area contributed by atoms with Crippen LogP contribution in [0, 0.1) is 17.1 Å². The summed E-state index contributed by atoms with van der Waals surface area (Å²) in [4.78, 5) is 0. The van der Waals surface area contributed by atoms with Crippen molar-refractivity contribution in [3.63, 3.8) is 0 Å². The molecule has 3 heteroatoms. The molecular formula is C16H15FN2. The Labute approximate surface area is 112 Å². The first kappa shape index (κ1) is 13.1. The monoisotopic (exact) mass is 254 g/mol. The van der Waals surface area contributed by atoms with Crippen molar-refractivity contribution in [3.8, 4) is 6.07 Å². The van der Waals surface area contributed by atoms with Crippen LogP contribution < -0.4 is 5.32 Å². The molecule has 0 heterocycles. The van der Waals surface area contributed by atoms with Crippen molar-refractivity contribution in [1.29, 1.82) is 5.26 Å². The number of nitriles is 1. The summed E-state index contributed by atoms with van der Waals surface area (Å²) in [5.74, 6) is -0.490. The van der Waals surface area contributed by atoms with E-state index in [1.54, 1.807) is 6.07 Å². The molecule has 0 saturated heterocycles. The van der Waals surface area contributed by atoms with Gasteiger partial charge in [0.1, 0.15) is 11.9 Å². The van der Waals surface area contributed by atoms with Gasteiger partial charge in [0.2, 0.25) is 0 Å². The Morgan fingerprint density at radius 2 is 1.89 bits per heavy atom. The summed E-state index contributed by atoms with van der Waals surface area (Å²) < 4.78 is 13.5. The van der Waals surface area contributed by atoms with Crippen molar-refractivity contribution in [2.24, 2.45) is 0 Å². The van der Waals surface area contributed by atoms with Gasteiger partial charge >= 0.3 is 0 Å². The lowest BCUT2D eigenvalue weighted by Gasteiger charge is -2.10. The third-order valence-corrected chi connectivity index (χ3v) is 3.07. The first-order valence-corrected chi connectivity index (χ1v) is 6.25. The molecule has 0 aliphatic carbocycles. The number of benzene rings is 2. The fraction of sp³-hybridized carbons (Fsp3) is 0.188. The van der Waals surface area contributed by atoms with Gasteiger partial charge in [-0.1, -0.05) is 31.2 Å². The molecule has 96 valence electrons. The van der Waals surface area contributed by atoms with E-state index < -0.39 is 5.82 Å². The molecule has 19 heavy (non-hydrogen) atoms. The Balaban J connectivity index is 2.11. The van der Waals surface area contributed by atoms with Gasteiger partial charge in [-0.25, -0.2) is 4.39 Å². The highest BCUT2D eigenvalue weighted by atomic mass is 19.1. The molecule has 2 nitrogen and oxygen atoms in total. The molecule has 1 N–H and O–H groups in total. The Hall–Kier alpha value is -2.34. The lowest BCUT2D eigenvalue weighted by atomic mass is 10.1. The van der Waals surface area contributed by atoms with Gasteiger partial charge in [0, 0.05) is 12.2 Å². The predicted octanol–water partition coefficient (Wildman–Crippen LogP) is 3.87. The average molecular weight is 254 g/mol. The largest absolute Gasteiger partial charge is 0.381 e. The molecule has 0 atom stereocenters. The minimum absolute atomic E-state index is 0.0690. The van der Waals surface area contributed by atoms with Crippen LogP contribution in [-0.2, 0) is 13.0 Å². The van der Waals surface area contributed by atoms with E-state index in [-0.39, 0.29) is 5.56 Å². The average Bonchev–Trinajstić information content (AvgIpc) is 2.45. The van der Waals surface area contributed by atoms with E-state index in [9.17, 15) is 4.39 Å². The smallest absolute Gasteiger partial charge is 0.143 e. The quantitative estimate of drug-likeness (QED) is 0.899. The highest BCUT2D eigenvalue weighted by molar-refractivity contribution is 5.48. The van der Waals surface area contributed by atoms with Crippen LogP contribution in [0.15, 0.2) is 42.5 Å². The summed E-state index contributed by atoms with van der Waals surface area (Å²) in [7, 11) is 0. The summed E-state index contributed by atoms with van der Waals surface area (Å²) in [6.07, 6.45) is 0.972. The van der Waals surface area contributed by atoms with Crippen LogP contribution in [0.25, 0.3) is 0 Å². The predicted molar refractivity (Wildman–Crippen MR) is 74.3 cm³/mol. The number of rotatable bonds is 4. The number of anilines is 1. The standard InChI is InChI=1S/C16H15FN2/c1-2-12-5-3-4-6-14(12)11-19-15-8-7-13(10-18)16(17)9-15/h3-9,19H,2,11H2,1H3. The minimum Gasteiger partial charge on any atom is -0.381 e. The number of nitrogens with one attached hydrogen (secondary N) is 1. The zero-order valence-electron chi connectivity index (χ0n) is 10.8. The van der Waals surface area contributed by atoms with Crippen LogP contribution in [0.4, 0.5) is 10.1 Å². The molecule has 0 aliphatic heterocycles. The molecule has 0 unspecified atom stereocenters. The van der Waals surface area contributed by atoms with E-state index in [1.807, 2.05) is 18.2 Å². The second kappa shape index (κ2) is 6.01. The van der Waals surface area contributed by atoms with Crippen LogP contribution >= 0.6 is 0 Å². The lowest BCUT2D eigenvalue weighted by Crippen LogP contribution is -2.03. The number of halogens is 1. The third kappa shape index (κ3) is 3.11. The number of hydrogen-bond acceptors (Lipinski definition) is 2. The first-order chi connectivity index (χ1) is 9.24. The van der Waals surface area contributed by atoms with Gasteiger partial charge in [-0.15, -0.1) is 0 Å². The second-order valence-corrected chi connectivity index (χ2v) is 4.28. The maximum absolute atomic E-state index is 13.5. The van der Waals surface area contributed by atoms with Crippen molar-refractivity contribution in [2.75, 3.05) is 5.32 Å². The molecule has 0 fully saturated rings. The first-order valence-electron chi connectivity index (χ1n) is 6.25. The van der Waals surface area contributed by atoms with E-state index in [2.05, 4.69) is 24.4 Å². The van der Waals surface area contributed by atoms with E-state index in [1.165, 1.54) is 23.3 Å². The van der Waals surface area contributed by atoms with Crippen molar-refractivity contribution in [1.82, 2.24) is 0 Å². The fourth-order valence-electron chi connectivity index (χ4n) is 1.99. The van der Waals surface area contributed by atoms with Gasteiger partial charge in [0.05, 0.1) is 5.56 Å². The highest BCUT2D eigenvalue weighted by Gasteiger charge is 2.03. The van der Waals surface area contributed by atoms with E-state index in [0.29, 0.717) is 12.2 Å². The molecule has 0 saturated carbocycles. The Bertz CT molecular complexity index is 614. The molecule has 0 bridgehead atoms. The van der Waals surface area contributed by atoms with Crippen LogP contribution in [0.1, 0.15) is 23.6 Å². The van der Waals surface area contributed by atoms with Crippen molar-refractivity contribution in [2.45, 2.75) is 19.9 Å². The van der Waals surface area contributed by atoms with Gasteiger partial charge in [0.15, 0.2) is 0 Å². The number of aryl methyl sites for hydroxylation is 1. The Morgan fingerprint density at radius 3 is 2.53 bits per heavy atom. The molecule has 2 aromatic carbocycles. The molecule has 0 radical (unpaired) electrons. The fourth-order valence-corrected chi connectivity index (χ4v) is 1.99. The van der Waals surface area contributed by atoms with Crippen LogP contribution in [0.3, 0.4) is 0 Å².